The normalized spacial score (nSPS) is 25.0. The Morgan fingerprint density at radius 2 is 2.10 bits per heavy atom. The summed E-state index contributed by atoms with van der Waals surface area (Å²) in [6.45, 7) is 8.28. The van der Waals surface area contributed by atoms with Crippen molar-refractivity contribution in [2.45, 2.75) is 38.8 Å². The van der Waals surface area contributed by atoms with Crippen LogP contribution in [0, 0.1) is 6.92 Å². The highest BCUT2D eigenvalue weighted by Gasteiger charge is 2.45. The number of nitrogens with zero attached hydrogens (tertiary/aromatic N) is 1. The SMILES string of the molecule is C=C1NC(=O)CCC1(C)N1Cc2c(N)cc(C)cc2C1=O. The number of carbonyl (C=O) groups is 2. The van der Waals surface area contributed by atoms with Crippen LogP contribution in [-0.4, -0.2) is 22.3 Å². The van der Waals surface area contributed by atoms with Crippen molar-refractivity contribution < 1.29 is 9.59 Å². The monoisotopic (exact) mass is 285 g/mol. The van der Waals surface area contributed by atoms with Gasteiger partial charge in [-0.15, -0.1) is 0 Å². The summed E-state index contributed by atoms with van der Waals surface area (Å²) in [5, 5.41) is 2.76. The molecule has 0 radical (unpaired) electrons. The smallest absolute Gasteiger partial charge is 0.255 e. The van der Waals surface area contributed by atoms with E-state index in [0.29, 0.717) is 36.3 Å². The Kier molecular flexibility index (Phi) is 2.83. The Morgan fingerprint density at radius 3 is 2.76 bits per heavy atom. The molecule has 2 amide bonds. The third-order valence-electron chi connectivity index (χ3n) is 4.60. The van der Waals surface area contributed by atoms with Crippen molar-refractivity contribution in [1.82, 2.24) is 10.2 Å². The maximum atomic E-state index is 12.7. The molecule has 5 nitrogen and oxygen atoms in total. The standard InChI is InChI=1S/C16H19N3O2/c1-9-6-11-12(13(17)7-9)8-19(15(11)21)16(3)5-4-14(20)18-10(16)2/h6-7H,2,4-5,8,17H2,1,3H3,(H,18,20). The summed E-state index contributed by atoms with van der Waals surface area (Å²) in [5.74, 6) is -0.0859. The molecule has 1 aromatic rings. The summed E-state index contributed by atoms with van der Waals surface area (Å²) < 4.78 is 0. The molecule has 110 valence electrons. The quantitative estimate of drug-likeness (QED) is 0.771. The predicted molar refractivity (Wildman–Crippen MR) is 80.4 cm³/mol. The summed E-state index contributed by atoms with van der Waals surface area (Å²) in [5.41, 5.74) is 9.23. The predicted octanol–water partition coefficient (Wildman–Crippen LogP) is 1.72. The van der Waals surface area contributed by atoms with E-state index in [-0.39, 0.29) is 11.8 Å². The van der Waals surface area contributed by atoms with Gasteiger partial charge in [0.25, 0.3) is 5.91 Å². The molecule has 0 aliphatic carbocycles. The number of rotatable bonds is 1. The number of hydrogen-bond donors (Lipinski definition) is 2. The van der Waals surface area contributed by atoms with Gasteiger partial charge in [0.1, 0.15) is 0 Å². The molecule has 1 aromatic carbocycles. The second-order valence-electron chi connectivity index (χ2n) is 6.07. The molecule has 0 spiro atoms. The van der Waals surface area contributed by atoms with Gasteiger partial charge in [0.15, 0.2) is 0 Å². The highest BCUT2D eigenvalue weighted by molar-refractivity contribution is 6.01. The average Bonchev–Trinajstić information content (AvgIpc) is 2.73. The number of nitrogen functional groups attached to an aromatic ring is 1. The highest BCUT2D eigenvalue weighted by atomic mass is 16.2. The van der Waals surface area contributed by atoms with Gasteiger partial charge in [-0.1, -0.05) is 6.58 Å². The van der Waals surface area contributed by atoms with Crippen molar-refractivity contribution in [1.29, 1.82) is 0 Å². The molecule has 0 bridgehead atoms. The van der Waals surface area contributed by atoms with Crippen LogP contribution in [0.5, 0.6) is 0 Å². The fraction of sp³-hybridized carbons (Fsp3) is 0.375. The largest absolute Gasteiger partial charge is 0.398 e. The number of fused-ring (bicyclic) bond motifs is 1. The number of benzene rings is 1. The molecule has 1 saturated heterocycles. The van der Waals surface area contributed by atoms with Gasteiger partial charge >= 0.3 is 0 Å². The van der Waals surface area contributed by atoms with Gasteiger partial charge in [-0.25, -0.2) is 0 Å². The minimum Gasteiger partial charge on any atom is -0.398 e. The number of nitrogens with one attached hydrogen (secondary N) is 1. The molecular formula is C16H19N3O2. The molecule has 1 unspecified atom stereocenters. The van der Waals surface area contributed by atoms with Crippen molar-refractivity contribution in [3.63, 3.8) is 0 Å². The van der Waals surface area contributed by atoms with E-state index < -0.39 is 5.54 Å². The van der Waals surface area contributed by atoms with Crippen molar-refractivity contribution >= 4 is 17.5 Å². The molecule has 3 rings (SSSR count). The summed E-state index contributed by atoms with van der Waals surface area (Å²) >= 11 is 0. The van der Waals surface area contributed by atoms with Crippen LogP contribution in [0.25, 0.3) is 0 Å². The zero-order valence-electron chi connectivity index (χ0n) is 12.3. The zero-order chi connectivity index (χ0) is 15.4. The highest BCUT2D eigenvalue weighted by Crippen LogP contribution is 2.39. The van der Waals surface area contributed by atoms with E-state index >= 15 is 0 Å². The van der Waals surface area contributed by atoms with Crippen molar-refractivity contribution in [3.8, 4) is 0 Å². The number of piperidine rings is 1. The van der Waals surface area contributed by atoms with Crippen LogP contribution in [0.4, 0.5) is 5.69 Å². The lowest BCUT2D eigenvalue weighted by atomic mass is 9.87. The zero-order valence-corrected chi connectivity index (χ0v) is 12.3. The van der Waals surface area contributed by atoms with E-state index in [0.717, 1.165) is 11.1 Å². The molecule has 0 saturated carbocycles. The first-order valence-electron chi connectivity index (χ1n) is 7.03. The summed E-state index contributed by atoms with van der Waals surface area (Å²) in [6.07, 6.45) is 0.973. The maximum absolute atomic E-state index is 12.7. The van der Waals surface area contributed by atoms with Gasteiger partial charge in [0.05, 0.1) is 5.54 Å². The summed E-state index contributed by atoms with van der Waals surface area (Å²) in [6, 6.07) is 3.76. The molecule has 5 heteroatoms. The van der Waals surface area contributed by atoms with Gasteiger partial charge in [-0.05, 0) is 38.0 Å². The van der Waals surface area contributed by atoms with Crippen molar-refractivity contribution in [2.24, 2.45) is 0 Å². The first-order chi connectivity index (χ1) is 9.83. The van der Waals surface area contributed by atoms with E-state index in [1.165, 1.54) is 0 Å². The van der Waals surface area contributed by atoms with E-state index in [9.17, 15) is 9.59 Å². The number of amides is 2. The molecule has 2 heterocycles. The van der Waals surface area contributed by atoms with Gasteiger partial charge in [0.2, 0.25) is 5.91 Å². The van der Waals surface area contributed by atoms with Gasteiger partial charge in [-0.2, -0.15) is 0 Å². The van der Waals surface area contributed by atoms with E-state index in [2.05, 4.69) is 11.9 Å². The molecule has 1 fully saturated rings. The number of carbonyl (C=O) groups excluding carboxylic acids is 2. The Morgan fingerprint density at radius 1 is 1.38 bits per heavy atom. The summed E-state index contributed by atoms with van der Waals surface area (Å²) in [7, 11) is 0. The second kappa shape index (κ2) is 4.35. The van der Waals surface area contributed by atoms with Gasteiger partial charge in [-0.3, -0.25) is 9.59 Å². The molecule has 2 aliphatic heterocycles. The lowest BCUT2D eigenvalue weighted by Crippen LogP contribution is -2.55. The van der Waals surface area contributed by atoms with E-state index in [1.54, 1.807) is 4.90 Å². The lowest BCUT2D eigenvalue weighted by Gasteiger charge is -2.43. The minimum absolute atomic E-state index is 0.0415. The van der Waals surface area contributed by atoms with Crippen LogP contribution < -0.4 is 11.1 Å². The molecule has 0 aromatic heterocycles. The molecule has 21 heavy (non-hydrogen) atoms. The Labute approximate surface area is 123 Å². The van der Waals surface area contributed by atoms with E-state index in [4.69, 9.17) is 5.73 Å². The summed E-state index contributed by atoms with van der Waals surface area (Å²) in [4.78, 5) is 26.0. The fourth-order valence-electron chi connectivity index (χ4n) is 3.16. The molecule has 3 N–H and O–H groups in total. The number of anilines is 1. The average molecular weight is 285 g/mol. The van der Waals surface area contributed by atoms with E-state index in [1.807, 2.05) is 26.0 Å². The maximum Gasteiger partial charge on any atom is 0.255 e. The fourth-order valence-corrected chi connectivity index (χ4v) is 3.16. The second-order valence-corrected chi connectivity index (χ2v) is 6.07. The third-order valence-corrected chi connectivity index (χ3v) is 4.60. The first-order valence-corrected chi connectivity index (χ1v) is 7.03. The number of hydrogen-bond acceptors (Lipinski definition) is 3. The molecular weight excluding hydrogens is 266 g/mol. The van der Waals surface area contributed by atoms with Crippen LogP contribution in [0.2, 0.25) is 0 Å². The Bertz CT molecular complexity index is 680. The Hall–Kier alpha value is -2.30. The molecule has 2 aliphatic rings. The topological polar surface area (TPSA) is 75.4 Å². The van der Waals surface area contributed by atoms with Gasteiger partial charge < -0.3 is 16.0 Å². The lowest BCUT2D eigenvalue weighted by molar-refractivity contribution is -0.122. The van der Waals surface area contributed by atoms with Crippen molar-refractivity contribution in [3.05, 3.63) is 41.1 Å². The van der Waals surface area contributed by atoms with Crippen LogP contribution in [0.3, 0.4) is 0 Å². The van der Waals surface area contributed by atoms with Crippen LogP contribution in [-0.2, 0) is 11.3 Å². The van der Waals surface area contributed by atoms with Crippen LogP contribution >= 0.6 is 0 Å². The number of nitrogens with two attached hydrogens (primary N) is 1. The first kappa shape index (κ1) is 13.7. The number of aryl methyl sites for hydroxylation is 1. The minimum atomic E-state index is -0.565. The Balaban J connectivity index is 2.00. The molecule has 1 atom stereocenters. The van der Waals surface area contributed by atoms with Crippen molar-refractivity contribution in [2.75, 3.05) is 5.73 Å². The van der Waals surface area contributed by atoms with Crippen LogP contribution in [0.15, 0.2) is 24.4 Å². The third kappa shape index (κ3) is 1.92. The van der Waals surface area contributed by atoms with Gasteiger partial charge in [0, 0.05) is 35.5 Å². The van der Waals surface area contributed by atoms with Crippen LogP contribution in [0.1, 0.15) is 41.3 Å².